The molecule has 2 N–H and O–H groups in total. The van der Waals surface area contributed by atoms with Crippen LogP contribution in [0.3, 0.4) is 0 Å². The fraction of sp³-hybridized carbons (Fsp3) is 0.600. The summed E-state index contributed by atoms with van der Waals surface area (Å²) >= 11 is 5.34. The zero-order chi connectivity index (χ0) is 15.2. The van der Waals surface area contributed by atoms with Crippen molar-refractivity contribution in [3.05, 3.63) is 22.3 Å². The second kappa shape index (κ2) is 8.03. The van der Waals surface area contributed by atoms with Gasteiger partial charge in [-0.15, -0.1) is 0 Å². The van der Waals surface area contributed by atoms with Gasteiger partial charge in [-0.1, -0.05) is 13.3 Å². The van der Waals surface area contributed by atoms with E-state index in [9.17, 15) is 4.79 Å². The van der Waals surface area contributed by atoms with Gasteiger partial charge in [-0.3, -0.25) is 4.79 Å². The Labute approximate surface area is 139 Å². The number of thioether (sulfide) groups is 1. The van der Waals surface area contributed by atoms with Gasteiger partial charge in [-0.25, -0.2) is 4.98 Å². The third kappa shape index (κ3) is 4.36. The molecule has 0 radical (unpaired) electrons. The van der Waals surface area contributed by atoms with Crippen molar-refractivity contribution < 1.29 is 4.79 Å². The van der Waals surface area contributed by atoms with Gasteiger partial charge in [-0.05, 0) is 47.5 Å². The lowest BCUT2D eigenvalue weighted by Gasteiger charge is -2.21. The molecule has 6 heteroatoms. The number of carbonyl (C=O) groups is 1. The Bertz CT molecular complexity index is 498. The summed E-state index contributed by atoms with van der Waals surface area (Å²) in [7, 11) is 0. The summed E-state index contributed by atoms with van der Waals surface area (Å²) in [6.07, 6.45) is 5.17. The predicted molar refractivity (Wildman–Crippen MR) is 93.1 cm³/mol. The Kier molecular flexibility index (Phi) is 6.36. The van der Waals surface area contributed by atoms with Crippen molar-refractivity contribution in [3.8, 4) is 0 Å². The maximum Gasteiger partial charge on any atom is 0.255 e. The number of nitrogens with one attached hydrogen (secondary N) is 2. The molecule has 1 aromatic rings. The van der Waals surface area contributed by atoms with Crippen LogP contribution in [0.2, 0.25) is 0 Å². The second-order valence-electron chi connectivity index (χ2n) is 5.08. The minimum atomic E-state index is -0.0339. The van der Waals surface area contributed by atoms with Crippen molar-refractivity contribution >= 4 is 39.4 Å². The molecule has 1 aliphatic carbocycles. The lowest BCUT2D eigenvalue weighted by Crippen LogP contribution is -2.39. The first kappa shape index (κ1) is 16.6. The van der Waals surface area contributed by atoms with Gasteiger partial charge in [0.05, 0.1) is 5.56 Å². The van der Waals surface area contributed by atoms with Crippen LogP contribution in [-0.4, -0.2) is 34.5 Å². The number of halogens is 1. The molecule has 1 aliphatic rings. The first-order valence-electron chi connectivity index (χ1n) is 7.47. The fourth-order valence-corrected chi connectivity index (χ4v) is 4.20. The van der Waals surface area contributed by atoms with Crippen LogP contribution in [0.15, 0.2) is 16.7 Å². The number of pyridine rings is 1. The number of carbonyl (C=O) groups excluding carboxylic acids is 1. The molecular formula is C15H22BrN3OS. The minimum absolute atomic E-state index is 0.0339. The summed E-state index contributed by atoms with van der Waals surface area (Å²) in [6, 6.07) is 2.10. The smallest absolute Gasteiger partial charge is 0.255 e. The molecule has 116 valence electrons. The molecule has 2 atom stereocenters. The summed E-state index contributed by atoms with van der Waals surface area (Å²) in [6.45, 7) is 4.91. The van der Waals surface area contributed by atoms with Crippen molar-refractivity contribution in [3.63, 3.8) is 0 Å². The molecule has 1 aromatic heterocycles. The highest BCUT2D eigenvalue weighted by atomic mass is 79.9. The molecule has 2 unspecified atom stereocenters. The van der Waals surface area contributed by atoms with Crippen LogP contribution >= 0.6 is 27.7 Å². The van der Waals surface area contributed by atoms with E-state index >= 15 is 0 Å². The van der Waals surface area contributed by atoms with Crippen molar-refractivity contribution in [1.29, 1.82) is 0 Å². The lowest BCUT2D eigenvalue weighted by atomic mass is 10.2. The first-order chi connectivity index (χ1) is 10.2. The Morgan fingerprint density at radius 3 is 3.00 bits per heavy atom. The third-order valence-electron chi connectivity index (χ3n) is 3.59. The van der Waals surface area contributed by atoms with E-state index in [4.69, 9.17) is 0 Å². The summed E-state index contributed by atoms with van der Waals surface area (Å²) < 4.78 is 0.820. The monoisotopic (exact) mass is 371 g/mol. The predicted octanol–water partition coefficient (Wildman–Crippen LogP) is 3.68. The van der Waals surface area contributed by atoms with Gasteiger partial charge < -0.3 is 10.6 Å². The summed E-state index contributed by atoms with van der Waals surface area (Å²) in [5.74, 6) is 1.71. The van der Waals surface area contributed by atoms with E-state index in [1.54, 1.807) is 6.20 Å². The van der Waals surface area contributed by atoms with Crippen molar-refractivity contribution in [2.75, 3.05) is 17.6 Å². The Morgan fingerprint density at radius 2 is 2.29 bits per heavy atom. The molecule has 0 bridgehead atoms. The number of hydrogen-bond acceptors (Lipinski definition) is 4. The molecule has 1 fully saturated rings. The van der Waals surface area contributed by atoms with Crippen LogP contribution in [0.4, 0.5) is 5.82 Å². The number of rotatable bonds is 6. The SMILES string of the molecule is CCNc1ncc(Br)cc1C(=O)NC1CCCC1SCC. The topological polar surface area (TPSA) is 54.0 Å². The summed E-state index contributed by atoms with van der Waals surface area (Å²) in [5.41, 5.74) is 0.610. The summed E-state index contributed by atoms with van der Waals surface area (Å²) in [5, 5.41) is 6.89. The Balaban J connectivity index is 2.10. The fourth-order valence-electron chi connectivity index (χ4n) is 2.67. The largest absolute Gasteiger partial charge is 0.370 e. The van der Waals surface area contributed by atoms with Gasteiger partial charge in [0, 0.05) is 28.5 Å². The molecule has 1 heterocycles. The molecule has 1 saturated carbocycles. The molecule has 2 rings (SSSR count). The van der Waals surface area contributed by atoms with E-state index in [0.29, 0.717) is 16.6 Å². The van der Waals surface area contributed by atoms with Crippen LogP contribution < -0.4 is 10.6 Å². The van der Waals surface area contributed by atoms with Gasteiger partial charge >= 0.3 is 0 Å². The highest BCUT2D eigenvalue weighted by Gasteiger charge is 2.29. The van der Waals surface area contributed by atoms with E-state index in [1.807, 2.05) is 24.8 Å². The van der Waals surface area contributed by atoms with Crippen LogP contribution in [0.5, 0.6) is 0 Å². The van der Waals surface area contributed by atoms with E-state index in [0.717, 1.165) is 23.2 Å². The number of nitrogens with zero attached hydrogens (tertiary/aromatic N) is 1. The molecular weight excluding hydrogens is 350 g/mol. The molecule has 0 spiro atoms. The quantitative estimate of drug-likeness (QED) is 0.800. The van der Waals surface area contributed by atoms with Crippen molar-refractivity contribution in [2.24, 2.45) is 0 Å². The number of hydrogen-bond donors (Lipinski definition) is 2. The van der Waals surface area contributed by atoms with Gasteiger partial charge in [0.2, 0.25) is 0 Å². The minimum Gasteiger partial charge on any atom is -0.370 e. The van der Waals surface area contributed by atoms with E-state index < -0.39 is 0 Å². The number of anilines is 1. The van der Waals surface area contributed by atoms with Gasteiger partial charge in [-0.2, -0.15) is 11.8 Å². The third-order valence-corrected chi connectivity index (χ3v) is 5.35. The van der Waals surface area contributed by atoms with Crippen LogP contribution in [-0.2, 0) is 0 Å². The lowest BCUT2D eigenvalue weighted by molar-refractivity contribution is 0.0939. The second-order valence-corrected chi connectivity index (χ2v) is 7.52. The van der Waals surface area contributed by atoms with Crippen molar-refractivity contribution in [1.82, 2.24) is 10.3 Å². The summed E-state index contributed by atoms with van der Waals surface area (Å²) in [4.78, 5) is 16.9. The van der Waals surface area contributed by atoms with E-state index in [-0.39, 0.29) is 11.9 Å². The van der Waals surface area contributed by atoms with E-state index in [2.05, 4.69) is 38.5 Å². The normalized spacial score (nSPS) is 21.3. The standard InChI is InChI=1S/C15H22BrN3OS/c1-3-17-14-11(8-10(16)9-18-14)15(20)19-12-6-5-7-13(12)21-4-2/h8-9,12-13H,3-7H2,1-2H3,(H,17,18)(H,19,20). The van der Waals surface area contributed by atoms with Gasteiger partial charge in [0.25, 0.3) is 5.91 Å². The number of amides is 1. The zero-order valence-electron chi connectivity index (χ0n) is 12.5. The van der Waals surface area contributed by atoms with E-state index in [1.165, 1.54) is 12.8 Å². The zero-order valence-corrected chi connectivity index (χ0v) is 14.9. The Hall–Kier alpha value is -0.750. The maximum absolute atomic E-state index is 12.6. The molecule has 1 amide bonds. The highest BCUT2D eigenvalue weighted by molar-refractivity contribution is 9.10. The van der Waals surface area contributed by atoms with Crippen LogP contribution in [0.25, 0.3) is 0 Å². The Morgan fingerprint density at radius 1 is 1.48 bits per heavy atom. The molecule has 21 heavy (non-hydrogen) atoms. The molecule has 0 aliphatic heterocycles. The van der Waals surface area contributed by atoms with Crippen molar-refractivity contribution in [2.45, 2.75) is 44.4 Å². The van der Waals surface area contributed by atoms with Crippen LogP contribution in [0.1, 0.15) is 43.5 Å². The number of aromatic nitrogens is 1. The maximum atomic E-state index is 12.6. The first-order valence-corrected chi connectivity index (χ1v) is 9.31. The average molecular weight is 372 g/mol. The molecule has 4 nitrogen and oxygen atoms in total. The molecule has 0 aromatic carbocycles. The highest BCUT2D eigenvalue weighted by Crippen LogP contribution is 2.30. The van der Waals surface area contributed by atoms with Gasteiger partial charge in [0.1, 0.15) is 5.82 Å². The van der Waals surface area contributed by atoms with Gasteiger partial charge in [0.15, 0.2) is 0 Å². The van der Waals surface area contributed by atoms with Crippen LogP contribution in [0, 0.1) is 0 Å². The average Bonchev–Trinajstić information content (AvgIpc) is 2.89. The molecule has 0 saturated heterocycles.